The number of hydrogen-bond acceptors (Lipinski definition) is 6. The summed E-state index contributed by atoms with van der Waals surface area (Å²) in [5.74, 6) is 2.95. The summed E-state index contributed by atoms with van der Waals surface area (Å²) in [6.07, 6.45) is 0. The maximum Gasteiger partial charge on any atom is 0.240 e. The number of rotatable bonds is 7. The summed E-state index contributed by atoms with van der Waals surface area (Å²) >= 11 is -1.67. The first-order valence-electron chi connectivity index (χ1n) is 9.42. The highest BCUT2D eigenvalue weighted by Crippen LogP contribution is 2.27. The van der Waals surface area contributed by atoms with Crippen LogP contribution in [0.1, 0.15) is 0 Å². The van der Waals surface area contributed by atoms with E-state index in [1.807, 2.05) is 24.3 Å². The SMILES string of the molecule is Nc1cccc(Oc2ccc(OS(=O)c3ccc(Oc4cccc(N)c4)cc3)cc2)c1. The summed E-state index contributed by atoms with van der Waals surface area (Å²) in [7, 11) is 0. The molecule has 1 atom stereocenters. The van der Waals surface area contributed by atoms with Gasteiger partial charge in [0, 0.05) is 23.5 Å². The molecule has 0 aliphatic carbocycles. The zero-order valence-corrected chi connectivity index (χ0v) is 17.3. The van der Waals surface area contributed by atoms with E-state index < -0.39 is 11.1 Å². The Morgan fingerprint density at radius 1 is 0.548 bits per heavy atom. The molecule has 4 rings (SSSR count). The van der Waals surface area contributed by atoms with Crippen LogP contribution in [-0.4, -0.2) is 4.21 Å². The van der Waals surface area contributed by atoms with Crippen LogP contribution in [-0.2, 0) is 11.1 Å². The molecule has 7 heteroatoms. The molecule has 0 fully saturated rings. The van der Waals surface area contributed by atoms with Crippen molar-refractivity contribution >= 4 is 22.5 Å². The molecule has 6 nitrogen and oxygen atoms in total. The Balaban J connectivity index is 1.36. The first kappa shape index (κ1) is 20.3. The monoisotopic (exact) mass is 432 g/mol. The second-order valence-electron chi connectivity index (χ2n) is 6.61. The lowest BCUT2D eigenvalue weighted by molar-refractivity contribution is 0.481. The topological polar surface area (TPSA) is 96.8 Å². The smallest absolute Gasteiger partial charge is 0.240 e. The van der Waals surface area contributed by atoms with Crippen molar-refractivity contribution in [3.05, 3.63) is 97.1 Å². The van der Waals surface area contributed by atoms with E-state index in [0.717, 1.165) is 0 Å². The standard InChI is InChI=1S/C24H20N2O4S/c25-17-3-1-5-22(15-17)28-19-7-9-21(10-8-19)30-31(27)24-13-11-20(12-14-24)29-23-6-2-4-18(26)16-23/h1-16H,25-26H2. The van der Waals surface area contributed by atoms with Crippen LogP contribution in [0.5, 0.6) is 28.7 Å². The highest BCUT2D eigenvalue weighted by molar-refractivity contribution is 7.80. The average molecular weight is 433 g/mol. The molecule has 0 saturated carbocycles. The van der Waals surface area contributed by atoms with Gasteiger partial charge in [0.05, 0.1) is 4.90 Å². The second-order valence-corrected chi connectivity index (χ2v) is 7.72. The summed E-state index contributed by atoms with van der Waals surface area (Å²) in [6.45, 7) is 0. The van der Waals surface area contributed by atoms with Crippen molar-refractivity contribution in [3.63, 3.8) is 0 Å². The van der Waals surface area contributed by atoms with E-state index in [1.165, 1.54) is 0 Å². The van der Waals surface area contributed by atoms with Crippen molar-refractivity contribution < 1.29 is 17.9 Å². The quantitative estimate of drug-likeness (QED) is 0.372. The molecule has 0 saturated heterocycles. The summed E-state index contributed by atoms with van der Waals surface area (Å²) in [5.41, 5.74) is 12.7. The van der Waals surface area contributed by atoms with Crippen LogP contribution in [0.15, 0.2) is 102 Å². The number of anilines is 2. The van der Waals surface area contributed by atoms with E-state index in [9.17, 15) is 4.21 Å². The summed E-state index contributed by atoms with van der Waals surface area (Å²) < 4.78 is 29.5. The molecule has 0 aliphatic heterocycles. The van der Waals surface area contributed by atoms with Gasteiger partial charge in [0.1, 0.15) is 28.7 Å². The van der Waals surface area contributed by atoms with Gasteiger partial charge >= 0.3 is 0 Å². The molecule has 4 aromatic carbocycles. The zero-order valence-electron chi connectivity index (χ0n) is 16.4. The molecule has 0 amide bonds. The third kappa shape index (κ3) is 5.55. The van der Waals surface area contributed by atoms with Crippen LogP contribution in [0.25, 0.3) is 0 Å². The molecule has 0 aromatic heterocycles. The predicted molar refractivity (Wildman–Crippen MR) is 122 cm³/mol. The van der Waals surface area contributed by atoms with Gasteiger partial charge in [0.15, 0.2) is 0 Å². The van der Waals surface area contributed by atoms with Gasteiger partial charge in [-0.1, -0.05) is 12.1 Å². The number of nitrogen functional groups attached to an aromatic ring is 2. The molecule has 156 valence electrons. The summed E-state index contributed by atoms with van der Waals surface area (Å²) in [6, 6.07) is 28.0. The van der Waals surface area contributed by atoms with Gasteiger partial charge in [0.2, 0.25) is 11.1 Å². The Kier molecular flexibility index (Phi) is 6.05. The Morgan fingerprint density at radius 3 is 1.48 bits per heavy atom. The Hall–Kier alpha value is -3.97. The van der Waals surface area contributed by atoms with Gasteiger partial charge in [-0.05, 0) is 72.8 Å². The lowest BCUT2D eigenvalue weighted by Crippen LogP contribution is -2.01. The molecule has 4 aromatic rings. The first-order chi connectivity index (χ1) is 15.0. The van der Waals surface area contributed by atoms with Crippen molar-refractivity contribution in [2.24, 2.45) is 0 Å². The second kappa shape index (κ2) is 9.23. The lowest BCUT2D eigenvalue weighted by Gasteiger charge is -2.09. The maximum absolute atomic E-state index is 12.5. The fraction of sp³-hybridized carbons (Fsp3) is 0. The normalized spacial score (nSPS) is 11.5. The summed E-state index contributed by atoms with van der Waals surface area (Å²) in [5, 5.41) is 0. The molecular formula is C24H20N2O4S. The molecule has 0 heterocycles. The van der Waals surface area contributed by atoms with Gasteiger partial charge in [-0.15, -0.1) is 0 Å². The van der Waals surface area contributed by atoms with Crippen LogP contribution in [0.2, 0.25) is 0 Å². The zero-order chi connectivity index (χ0) is 21.6. The van der Waals surface area contributed by atoms with Gasteiger partial charge in [-0.2, -0.15) is 0 Å². The maximum atomic E-state index is 12.5. The van der Waals surface area contributed by atoms with Crippen LogP contribution in [0.4, 0.5) is 11.4 Å². The molecule has 0 radical (unpaired) electrons. The Labute approximate surface area is 182 Å². The Morgan fingerprint density at radius 2 is 1.00 bits per heavy atom. The predicted octanol–water partition coefficient (Wildman–Crippen LogP) is 5.54. The molecule has 1 unspecified atom stereocenters. The number of hydrogen-bond donors (Lipinski definition) is 2. The van der Waals surface area contributed by atoms with E-state index in [2.05, 4.69) is 0 Å². The number of benzene rings is 4. The van der Waals surface area contributed by atoms with E-state index in [-0.39, 0.29) is 0 Å². The molecule has 0 aliphatic rings. The fourth-order valence-corrected chi connectivity index (χ4v) is 3.49. The fourth-order valence-electron chi connectivity index (χ4n) is 2.75. The van der Waals surface area contributed by atoms with Gasteiger partial charge in [-0.3, -0.25) is 0 Å². The van der Waals surface area contributed by atoms with E-state index in [0.29, 0.717) is 45.0 Å². The van der Waals surface area contributed by atoms with Crippen molar-refractivity contribution in [1.29, 1.82) is 0 Å². The van der Waals surface area contributed by atoms with Crippen LogP contribution >= 0.6 is 0 Å². The van der Waals surface area contributed by atoms with E-state index in [1.54, 1.807) is 72.8 Å². The highest BCUT2D eigenvalue weighted by Gasteiger charge is 2.08. The van der Waals surface area contributed by atoms with Crippen molar-refractivity contribution in [3.8, 4) is 28.7 Å². The number of ether oxygens (including phenoxy) is 2. The lowest BCUT2D eigenvalue weighted by atomic mass is 10.3. The molecule has 0 bridgehead atoms. The van der Waals surface area contributed by atoms with Crippen molar-refractivity contribution in [2.45, 2.75) is 4.90 Å². The minimum absolute atomic E-state index is 0.457. The largest absolute Gasteiger partial charge is 0.457 e. The van der Waals surface area contributed by atoms with E-state index in [4.69, 9.17) is 25.1 Å². The van der Waals surface area contributed by atoms with Crippen molar-refractivity contribution in [2.75, 3.05) is 11.5 Å². The highest BCUT2D eigenvalue weighted by atomic mass is 32.2. The molecule has 0 spiro atoms. The molecule has 31 heavy (non-hydrogen) atoms. The Bertz CT molecular complexity index is 1190. The molecule has 4 N–H and O–H groups in total. The summed E-state index contributed by atoms with van der Waals surface area (Å²) in [4.78, 5) is 0.514. The molecular weight excluding hydrogens is 412 g/mol. The number of nitrogens with two attached hydrogens (primary N) is 2. The minimum Gasteiger partial charge on any atom is -0.457 e. The van der Waals surface area contributed by atoms with Crippen LogP contribution in [0, 0.1) is 0 Å². The van der Waals surface area contributed by atoms with Crippen LogP contribution < -0.4 is 25.1 Å². The first-order valence-corrected chi connectivity index (χ1v) is 10.5. The third-order valence-electron chi connectivity index (χ3n) is 4.20. The van der Waals surface area contributed by atoms with E-state index >= 15 is 0 Å². The van der Waals surface area contributed by atoms with Crippen LogP contribution in [0.3, 0.4) is 0 Å². The van der Waals surface area contributed by atoms with Gasteiger partial charge in [-0.25, -0.2) is 4.21 Å². The third-order valence-corrected chi connectivity index (χ3v) is 5.20. The van der Waals surface area contributed by atoms with Gasteiger partial charge in [0.25, 0.3) is 0 Å². The minimum atomic E-state index is -1.67. The van der Waals surface area contributed by atoms with Gasteiger partial charge < -0.3 is 25.1 Å². The van der Waals surface area contributed by atoms with Crippen molar-refractivity contribution in [1.82, 2.24) is 0 Å². The average Bonchev–Trinajstić information content (AvgIpc) is 2.76.